The lowest BCUT2D eigenvalue weighted by Crippen LogP contribution is -2.23. The third-order valence-corrected chi connectivity index (χ3v) is 2.28. The number of halogens is 1. The first-order chi connectivity index (χ1) is 6.43. The topological polar surface area (TPSA) is 67.7 Å². The third-order valence-electron chi connectivity index (χ3n) is 2.28. The van der Waals surface area contributed by atoms with Crippen LogP contribution in [0.2, 0.25) is 0 Å². The van der Waals surface area contributed by atoms with Crippen molar-refractivity contribution in [3.05, 3.63) is 17.0 Å². The van der Waals surface area contributed by atoms with Gasteiger partial charge in [-0.3, -0.25) is 5.41 Å². The van der Waals surface area contributed by atoms with Gasteiger partial charge < -0.3 is 5.73 Å². The summed E-state index contributed by atoms with van der Waals surface area (Å²) in [7, 11) is 0. The fourth-order valence-corrected chi connectivity index (χ4v) is 1.61. The summed E-state index contributed by atoms with van der Waals surface area (Å²) in [6, 6.07) is 0. The number of aromatic nitrogens is 2. The molecule has 0 amide bonds. The first kappa shape index (κ1) is 14.0. The first-order valence-electron chi connectivity index (χ1n) is 4.83. The van der Waals surface area contributed by atoms with Gasteiger partial charge in [-0.15, -0.1) is 12.4 Å². The molecule has 0 saturated carbocycles. The summed E-state index contributed by atoms with van der Waals surface area (Å²) in [4.78, 5) is 0. The highest BCUT2D eigenvalue weighted by Crippen LogP contribution is 2.16. The molecule has 0 atom stereocenters. The fourth-order valence-electron chi connectivity index (χ4n) is 1.61. The molecule has 4 nitrogen and oxygen atoms in total. The zero-order chi connectivity index (χ0) is 10.9. The van der Waals surface area contributed by atoms with Gasteiger partial charge in [0.1, 0.15) is 0 Å². The van der Waals surface area contributed by atoms with Gasteiger partial charge >= 0.3 is 0 Å². The molecule has 1 rings (SSSR count). The molecule has 3 N–H and O–H groups in total. The highest BCUT2D eigenvalue weighted by atomic mass is 35.5. The Bertz CT molecular complexity index is 355. The number of rotatable bonds is 2. The molecule has 0 aliphatic carbocycles. The molecular weight excluding hydrogens is 212 g/mol. The van der Waals surface area contributed by atoms with E-state index in [-0.39, 0.29) is 18.4 Å². The van der Waals surface area contributed by atoms with Crippen molar-refractivity contribution in [2.45, 2.75) is 34.1 Å². The molecule has 0 aromatic carbocycles. The van der Waals surface area contributed by atoms with Crippen LogP contribution >= 0.6 is 12.4 Å². The Labute approximate surface area is 96.8 Å². The van der Waals surface area contributed by atoms with Crippen LogP contribution in [0.15, 0.2) is 0 Å². The van der Waals surface area contributed by atoms with Crippen molar-refractivity contribution in [1.82, 2.24) is 9.78 Å². The van der Waals surface area contributed by atoms with Crippen LogP contribution in [0.3, 0.4) is 0 Å². The maximum atomic E-state index is 7.35. The summed E-state index contributed by atoms with van der Waals surface area (Å²) in [6.07, 6.45) is 0.991. The van der Waals surface area contributed by atoms with Gasteiger partial charge in [0, 0.05) is 5.69 Å². The maximum Gasteiger partial charge on any atom is 0.213 e. The predicted molar refractivity (Wildman–Crippen MR) is 64.8 cm³/mol. The number of hydrogen-bond acceptors (Lipinski definition) is 2. The van der Waals surface area contributed by atoms with E-state index in [4.69, 9.17) is 11.1 Å². The van der Waals surface area contributed by atoms with E-state index < -0.39 is 0 Å². The van der Waals surface area contributed by atoms with E-state index >= 15 is 0 Å². The molecule has 0 aliphatic rings. The van der Waals surface area contributed by atoms with Gasteiger partial charge in [0.15, 0.2) is 0 Å². The molecule has 0 aliphatic heterocycles. The monoisotopic (exact) mass is 230 g/mol. The molecule has 0 unspecified atom stereocenters. The summed E-state index contributed by atoms with van der Waals surface area (Å²) in [5.74, 6) is 0.581. The molecule has 86 valence electrons. The lowest BCUT2D eigenvalue weighted by molar-refractivity contribution is 0.642. The van der Waals surface area contributed by atoms with Crippen molar-refractivity contribution >= 4 is 18.4 Å². The smallest absolute Gasteiger partial charge is 0.213 e. The van der Waals surface area contributed by atoms with Gasteiger partial charge in [0.2, 0.25) is 5.96 Å². The SMILES string of the molecule is Cc1nn(C(=N)N)c(C)c1CC(C)C.Cl. The summed E-state index contributed by atoms with van der Waals surface area (Å²) in [5, 5.41) is 11.6. The van der Waals surface area contributed by atoms with Crippen molar-refractivity contribution in [3.63, 3.8) is 0 Å². The quantitative estimate of drug-likeness (QED) is 0.602. The summed E-state index contributed by atoms with van der Waals surface area (Å²) in [6.45, 7) is 8.26. The van der Waals surface area contributed by atoms with Crippen LogP contribution in [0.1, 0.15) is 30.8 Å². The van der Waals surface area contributed by atoms with Crippen LogP contribution in [0.5, 0.6) is 0 Å². The summed E-state index contributed by atoms with van der Waals surface area (Å²) < 4.78 is 1.49. The van der Waals surface area contributed by atoms with Gasteiger partial charge in [-0.2, -0.15) is 5.10 Å². The Hall–Kier alpha value is -1.03. The molecule has 5 heteroatoms. The zero-order valence-electron chi connectivity index (χ0n) is 9.66. The average Bonchev–Trinajstić information content (AvgIpc) is 2.31. The third kappa shape index (κ3) is 2.96. The van der Waals surface area contributed by atoms with Crippen LogP contribution in [-0.2, 0) is 6.42 Å². The highest BCUT2D eigenvalue weighted by Gasteiger charge is 2.13. The molecular formula is C10H19ClN4. The van der Waals surface area contributed by atoms with E-state index in [1.165, 1.54) is 10.2 Å². The molecule has 1 aromatic rings. The van der Waals surface area contributed by atoms with Gasteiger partial charge in [0.05, 0.1) is 5.69 Å². The number of aryl methyl sites for hydroxylation is 1. The van der Waals surface area contributed by atoms with Crippen molar-refractivity contribution in [2.24, 2.45) is 11.7 Å². The van der Waals surface area contributed by atoms with Gasteiger partial charge in [-0.1, -0.05) is 13.8 Å². The second-order valence-corrected chi connectivity index (χ2v) is 4.04. The van der Waals surface area contributed by atoms with E-state index in [0.717, 1.165) is 17.8 Å². The van der Waals surface area contributed by atoms with Crippen LogP contribution in [0.25, 0.3) is 0 Å². The molecule has 0 saturated heterocycles. The van der Waals surface area contributed by atoms with Gasteiger partial charge in [-0.05, 0) is 31.7 Å². The summed E-state index contributed by atoms with van der Waals surface area (Å²) in [5.41, 5.74) is 8.60. The Balaban J connectivity index is 0.00000196. The molecule has 0 radical (unpaired) electrons. The number of hydrogen-bond donors (Lipinski definition) is 2. The summed E-state index contributed by atoms with van der Waals surface area (Å²) >= 11 is 0. The fraction of sp³-hybridized carbons (Fsp3) is 0.600. The van der Waals surface area contributed by atoms with Crippen molar-refractivity contribution in [2.75, 3.05) is 0 Å². The minimum atomic E-state index is -0.0133. The second-order valence-electron chi connectivity index (χ2n) is 4.04. The molecule has 0 bridgehead atoms. The van der Waals surface area contributed by atoms with E-state index in [9.17, 15) is 0 Å². The Morgan fingerprint density at radius 1 is 1.47 bits per heavy atom. The van der Waals surface area contributed by atoms with Gasteiger partial charge in [0.25, 0.3) is 0 Å². The maximum absolute atomic E-state index is 7.35. The van der Waals surface area contributed by atoms with Crippen molar-refractivity contribution in [3.8, 4) is 0 Å². The lowest BCUT2D eigenvalue weighted by Gasteiger charge is -2.05. The first-order valence-corrected chi connectivity index (χ1v) is 4.83. The van der Waals surface area contributed by atoms with Crippen LogP contribution < -0.4 is 5.73 Å². The molecule has 15 heavy (non-hydrogen) atoms. The normalized spacial score (nSPS) is 10.2. The standard InChI is InChI=1S/C10H18N4.ClH/c1-6(2)5-9-7(3)13-14(8(9)4)10(11)12;/h6H,5H2,1-4H3,(H3,11,12);1H. The average molecular weight is 231 g/mol. The number of nitrogen functional groups attached to an aromatic ring is 1. The van der Waals surface area contributed by atoms with E-state index in [1.807, 2.05) is 13.8 Å². The van der Waals surface area contributed by atoms with E-state index in [2.05, 4.69) is 18.9 Å². The van der Waals surface area contributed by atoms with Crippen LogP contribution in [-0.4, -0.2) is 15.7 Å². The number of nitrogens with one attached hydrogen (secondary N) is 1. The molecule has 1 aromatic heterocycles. The Morgan fingerprint density at radius 2 is 2.00 bits per heavy atom. The van der Waals surface area contributed by atoms with Crippen LogP contribution in [0.4, 0.5) is 0 Å². The van der Waals surface area contributed by atoms with E-state index in [0.29, 0.717) is 5.92 Å². The Kier molecular flexibility index (Phi) is 4.81. The van der Waals surface area contributed by atoms with Crippen molar-refractivity contribution < 1.29 is 0 Å². The Morgan fingerprint density at radius 3 is 2.33 bits per heavy atom. The zero-order valence-corrected chi connectivity index (χ0v) is 10.5. The minimum Gasteiger partial charge on any atom is -0.368 e. The second kappa shape index (κ2) is 5.16. The van der Waals surface area contributed by atoms with Gasteiger partial charge in [-0.25, -0.2) is 4.68 Å². The molecule has 0 fully saturated rings. The minimum absolute atomic E-state index is 0. The van der Waals surface area contributed by atoms with Crippen LogP contribution in [0, 0.1) is 25.2 Å². The highest BCUT2D eigenvalue weighted by molar-refractivity contribution is 5.85. The predicted octanol–water partition coefficient (Wildman–Crippen LogP) is 1.86. The number of nitrogens with two attached hydrogens (primary N) is 1. The number of nitrogens with zero attached hydrogens (tertiary/aromatic N) is 2. The largest absolute Gasteiger partial charge is 0.368 e. The molecule has 0 spiro atoms. The lowest BCUT2D eigenvalue weighted by atomic mass is 10.0. The molecule has 1 heterocycles. The van der Waals surface area contributed by atoms with Crippen molar-refractivity contribution in [1.29, 1.82) is 5.41 Å². The van der Waals surface area contributed by atoms with E-state index in [1.54, 1.807) is 0 Å².